The van der Waals surface area contributed by atoms with Crippen molar-refractivity contribution in [2.45, 2.75) is 65.5 Å². The van der Waals surface area contributed by atoms with E-state index in [1.807, 2.05) is 6.07 Å². The predicted octanol–water partition coefficient (Wildman–Crippen LogP) is 3.42. The van der Waals surface area contributed by atoms with Crippen LogP contribution in [-0.2, 0) is 5.41 Å². The third kappa shape index (κ3) is 6.49. The molecule has 3 heteroatoms. The fourth-order valence-corrected chi connectivity index (χ4v) is 2.04. The van der Waals surface area contributed by atoms with Crippen LogP contribution in [0.15, 0.2) is 18.2 Å². The van der Waals surface area contributed by atoms with Gasteiger partial charge in [-0.05, 0) is 50.3 Å². The van der Waals surface area contributed by atoms with Crippen molar-refractivity contribution in [3.05, 3.63) is 29.3 Å². The molecule has 21 heavy (non-hydrogen) atoms. The Morgan fingerprint density at radius 2 is 1.76 bits per heavy atom. The summed E-state index contributed by atoms with van der Waals surface area (Å²) in [6.45, 7) is 15.6. The topological polar surface area (TPSA) is 41.5 Å². The smallest absolute Gasteiger partial charge is 0.123 e. The van der Waals surface area contributed by atoms with E-state index in [9.17, 15) is 5.11 Å². The molecule has 0 aliphatic rings. The average molecular weight is 293 g/mol. The van der Waals surface area contributed by atoms with Gasteiger partial charge in [0.05, 0.1) is 0 Å². The second kappa shape index (κ2) is 6.80. The Kier molecular flexibility index (Phi) is 5.83. The van der Waals surface area contributed by atoms with Crippen molar-refractivity contribution in [3.8, 4) is 5.75 Å². The lowest BCUT2D eigenvalue weighted by Gasteiger charge is -2.25. The minimum Gasteiger partial charge on any atom is -0.491 e. The molecule has 0 heterocycles. The van der Waals surface area contributed by atoms with E-state index in [-0.39, 0.29) is 11.0 Å². The lowest BCUT2D eigenvalue weighted by molar-refractivity contribution is 0.0990. The van der Waals surface area contributed by atoms with E-state index >= 15 is 0 Å². The van der Waals surface area contributed by atoms with Crippen molar-refractivity contribution in [2.75, 3.05) is 13.2 Å². The number of rotatable bonds is 5. The number of ether oxygens (including phenoxy) is 1. The molecule has 1 aromatic carbocycles. The van der Waals surface area contributed by atoms with E-state index in [0.29, 0.717) is 13.2 Å². The maximum atomic E-state index is 10.0. The Morgan fingerprint density at radius 3 is 2.29 bits per heavy atom. The van der Waals surface area contributed by atoms with Crippen LogP contribution in [0.25, 0.3) is 0 Å². The number of benzene rings is 1. The van der Waals surface area contributed by atoms with Gasteiger partial charge in [-0.1, -0.05) is 32.9 Å². The highest BCUT2D eigenvalue weighted by atomic mass is 16.5. The molecular weight excluding hydrogens is 262 g/mol. The molecule has 0 aliphatic heterocycles. The first-order valence-corrected chi connectivity index (χ1v) is 7.66. The molecule has 3 nitrogen and oxygen atoms in total. The van der Waals surface area contributed by atoms with Gasteiger partial charge in [0, 0.05) is 12.1 Å². The molecule has 0 fully saturated rings. The second-order valence-corrected chi connectivity index (χ2v) is 7.85. The van der Waals surface area contributed by atoms with Crippen LogP contribution < -0.4 is 10.1 Å². The zero-order valence-corrected chi connectivity index (χ0v) is 14.6. The molecule has 1 aromatic rings. The number of aliphatic hydroxyl groups is 1. The van der Waals surface area contributed by atoms with Gasteiger partial charge in [-0.25, -0.2) is 0 Å². The van der Waals surface area contributed by atoms with E-state index in [4.69, 9.17) is 4.74 Å². The molecular formula is C18H31NO2. The maximum Gasteiger partial charge on any atom is 0.123 e. The normalized spacial score (nSPS) is 14.1. The molecule has 1 rings (SSSR count). The van der Waals surface area contributed by atoms with Gasteiger partial charge in [-0.2, -0.15) is 0 Å². The number of aryl methyl sites for hydroxylation is 1. The highest BCUT2D eigenvalue weighted by molar-refractivity contribution is 5.41. The molecule has 1 atom stereocenters. The van der Waals surface area contributed by atoms with Crippen molar-refractivity contribution in [1.29, 1.82) is 0 Å². The molecule has 120 valence electrons. The lowest BCUT2D eigenvalue weighted by atomic mass is 9.86. The maximum absolute atomic E-state index is 10.0. The average Bonchev–Trinajstić information content (AvgIpc) is 2.31. The highest BCUT2D eigenvalue weighted by Gasteiger charge is 2.20. The van der Waals surface area contributed by atoms with E-state index in [1.165, 1.54) is 11.1 Å². The van der Waals surface area contributed by atoms with Gasteiger partial charge in [0.1, 0.15) is 18.5 Å². The summed E-state index contributed by atoms with van der Waals surface area (Å²) in [4.78, 5) is 0. The van der Waals surface area contributed by atoms with Crippen molar-refractivity contribution in [2.24, 2.45) is 0 Å². The van der Waals surface area contributed by atoms with Crippen LogP contribution in [0.5, 0.6) is 5.75 Å². The van der Waals surface area contributed by atoms with Crippen LogP contribution in [0, 0.1) is 6.92 Å². The summed E-state index contributed by atoms with van der Waals surface area (Å²) in [5.41, 5.74) is 2.36. The Balaban J connectivity index is 2.68. The van der Waals surface area contributed by atoms with Crippen LogP contribution in [0.2, 0.25) is 0 Å². The van der Waals surface area contributed by atoms with Gasteiger partial charge < -0.3 is 15.2 Å². The predicted molar refractivity (Wildman–Crippen MR) is 89.1 cm³/mol. The zero-order valence-electron chi connectivity index (χ0n) is 14.6. The zero-order chi connectivity index (χ0) is 16.3. The van der Waals surface area contributed by atoms with E-state index in [0.717, 1.165) is 5.75 Å². The third-order valence-corrected chi connectivity index (χ3v) is 3.24. The first-order valence-electron chi connectivity index (χ1n) is 7.66. The minimum atomic E-state index is -0.516. The van der Waals surface area contributed by atoms with E-state index < -0.39 is 6.10 Å². The monoisotopic (exact) mass is 293 g/mol. The lowest BCUT2D eigenvalue weighted by Crippen LogP contribution is -2.42. The molecule has 0 saturated carbocycles. The molecule has 2 N–H and O–H groups in total. The third-order valence-electron chi connectivity index (χ3n) is 3.24. The summed E-state index contributed by atoms with van der Waals surface area (Å²) in [6.07, 6.45) is -0.516. The molecule has 0 aromatic heterocycles. The quantitative estimate of drug-likeness (QED) is 0.874. The molecule has 0 saturated heterocycles. The van der Waals surface area contributed by atoms with Crippen LogP contribution >= 0.6 is 0 Å². The van der Waals surface area contributed by atoms with E-state index in [1.54, 1.807) is 0 Å². The number of nitrogens with one attached hydrogen (secondary N) is 1. The minimum absolute atomic E-state index is 0.000878. The summed E-state index contributed by atoms with van der Waals surface area (Å²) < 4.78 is 5.88. The van der Waals surface area contributed by atoms with Crippen LogP contribution in [0.4, 0.5) is 0 Å². The van der Waals surface area contributed by atoms with Gasteiger partial charge >= 0.3 is 0 Å². The number of β-amino-alcohol motifs (C(OH)–C–C–N with tert-alkyl or cyclic N) is 1. The molecule has 0 bridgehead atoms. The Morgan fingerprint density at radius 1 is 1.14 bits per heavy atom. The first kappa shape index (κ1) is 18.0. The van der Waals surface area contributed by atoms with Gasteiger partial charge in [-0.15, -0.1) is 0 Å². The fraction of sp³-hybridized carbons (Fsp3) is 0.667. The van der Waals surface area contributed by atoms with E-state index in [2.05, 4.69) is 65.9 Å². The molecule has 0 radical (unpaired) electrons. The fourth-order valence-electron chi connectivity index (χ4n) is 2.04. The summed E-state index contributed by atoms with van der Waals surface area (Å²) in [7, 11) is 0. The van der Waals surface area contributed by atoms with Crippen LogP contribution in [0.3, 0.4) is 0 Å². The van der Waals surface area contributed by atoms with Crippen LogP contribution in [-0.4, -0.2) is 29.9 Å². The van der Waals surface area contributed by atoms with Gasteiger partial charge in [0.15, 0.2) is 0 Å². The summed E-state index contributed by atoms with van der Waals surface area (Å²) in [5, 5.41) is 13.3. The largest absolute Gasteiger partial charge is 0.491 e. The number of aliphatic hydroxyl groups excluding tert-OH is 1. The highest BCUT2D eigenvalue weighted by Crippen LogP contribution is 2.32. The Labute approximate surface area is 129 Å². The van der Waals surface area contributed by atoms with Crippen molar-refractivity contribution in [1.82, 2.24) is 5.32 Å². The molecule has 1 unspecified atom stereocenters. The Hall–Kier alpha value is -1.06. The summed E-state index contributed by atoms with van der Waals surface area (Å²) in [5.74, 6) is 0.873. The second-order valence-electron chi connectivity index (χ2n) is 7.85. The van der Waals surface area contributed by atoms with Gasteiger partial charge in [0.25, 0.3) is 0 Å². The summed E-state index contributed by atoms with van der Waals surface area (Å²) in [6, 6.07) is 6.26. The summed E-state index contributed by atoms with van der Waals surface area (Å²) >= 11 is 0. The molecule has 0 aliphatic carbocycles. The van der Waals surface area contributed by atoms with Crippen molar-refractivity contribution < 1.29 is 9.84 Å². The molecule has 0 spiro atoms. The Bertz CT molecular complexity index is 455. The standard InChI is InChI=1S/C18H31NO2/c1-13-8-9-15(17(2,3)4)16(10-13)21-12-14(20)11-19-18(5,6)7/h8-10,14,19-20H,11-12H2,1-7H3. The van der Waals surface area contributed by atoms with Gasteiger partial charge in [-0.3, -0.25) is 0 Å². The molecule has 0 amide bonds. The van der Waals surface area contributed by atoms with Crippen molar-refractivity contribution in [3.63, 3.8) is 0 Å². The first-order chi connectivity index (χ1) is 9.49. The number of hydrogen-bond acceptors (Lipinski definition) is 3. The SMILES string of the molecule is Cc1ccc(C(C)(C)C)c(OCC(O)CNC(C)(C)C)c1. The van der Waals surface area contributed by atoms with Crippen LogP contribution in [0.1, 0.15) is 52.7 Å². The van der Waals surface area contributed by atoms with Crippen molar-refractivity contribution >= 4 is 0 Å². The number of hydrogen-bond donors (Lipinski definition) is 2. The van der Waals surface area contributed by atoms with Gasteiger partial charge in [0.2, 0.25) is 0 Å².